The van der Waals surface area contributed by atoms with Crippen LogP contribution < -0.4 is 4.74 Å². The monoisotopic (exact) mass is 494 g/mol. The number of aryl methyl sites for hydroxylation is 1. The molecule has 0 saturated heterocycles. The number of halogens is 1. The first-order chi connectivity index (χ1) is 17.1. The van der Waals surface area contributed by atoms with Crippen molar-refractivity contribution in [3.63, 3.8) is 0 Å². The second-order valence-corrected chi connectivity index (χ2v) is 10.9. The van der Waals surface area contributed by atoms with E-state index in [-0.39, 0.29) is 47.6 Å². The third-order valence-corrected chi connectivity index (χ3v) is 7.96. The van der Waals surface area contributed by atoms with Gasteiger partial charge in [0.05, 0.1) is 12.8 Å². The lowest BCUT2D eigenvalue weighted by atomic mass is 9.85. The lowest BCUT2D eigenvalue weighted by Gasteiger charge is -2.36. The summed E-state index contributed by atoms with van der Waals surface area (Å²) in [6.07, 6.45) is 2.57. The molecular formula is C28H31FN2O5. The van der Waals surface area contributed by atoms with Crippen molar-refractivity contribution in [3.05, 3.63) is 58.0 Å². The summed E-state index contributed by atoms with van der Waals surface area (Å²) in [5, 5.41) is 9.11. The van der Waals surface area contributed by atoms with Crippen molar-refractivity contribution >= 4 is 17.7 Å². The van der Waals surface area contributed by atoms with Gasteiger partial charge in [0.1, 0.15) is 11.9 Å². The van der Waals surface area contributed by atoms with Crippen LogP contribution in [0.15, 0.2) is 24.3 Å². The lowest BCUT2D eigenvalue weighted by molar-refractivity contribution is -0.142. The van der Waals surface area contributed by atoms with Gasteiger partial charge in [0.2, 0.25) is 11.8 Å². The molecule has 8 heteroatoms. The van der Waals surface area contributed by atoms with Crippen LogP contribution in [0.2, 0.25) is 0 Å². The quantitative estimate of drug-likeness (QED) is 0.629. The molecule has 3 aliphatic rings. The van der Waals surface area contributed by atoms with Crippen LogP contribution >= 0.6 is 0 Å². The number of methoxy groups -OCH3 is 1. The van der Waals surface area contributed by atoms with Gasteiger partial charge in [-0.2, -0.15) is 0 Å². The van der Waals surface area contributed by atoms with E-state index >= 15 is 4.39 Å². The Kier molecular flexibility index (Phi) is 6.09. The normalized spacial score (nSPS) is 23.6. The van der Waals surface area contributed by atoms with Gasteiger partial charge in [-0.15, -0.1) is 0 Å². The summed E-state index contributed by atoms with van der Waals surface area (Å²) in [6, 6.07) is 5.98. The first-order valence-electron chi connectivity index (χ1n) is 12.5. The molecule has 1 amide bonds. The van der Waals surface area contributed by atoms with E-state index < -0.39 is 12.0 Å². The SMILES string of the molecule is COc1ccc2c(n1)CCN(C(=O)[C@H]1C[C@@H]1CC(=O)O)[C@H]2C(=O)Cc1cc(F)c2c(c1)CCC2(C)C. The first kappa shape index (κ1) is 24.4. The molecule has 0 bridgehead atoms. The van der Waals surface area contributed by atoms with Crippen LogP contribution in [0, 0.1) is 17.7 Å². The fourth-order valence-electron chi connectivity index (χ4n) is 6.03. The number of carbonyl (C=O) groups excluding carboxylic acids is 2. The Balaban J connectivity index is 1.45. The zero-order valence-electron chi connectivity index (χ0n) is 20.8. The van der Waals surface area contributed by atoms with Gasteiger partial charge in [-0.25, -0.2) is 9.37 Å². The number of carbonyl (C=O) groups is 3. The molecule has 1 N–H and O–H groups in total. The zero-order valence-corrected chi connectivity index (χ0v) is 20.8. The standard InChI is InChI=1S/C28H31FN2O5/c1-28(2)8-6-16-10-15(11-20(29)25(16)28)12-22(32)26-18-4-5-23(36-3)30-21(18)7-9-31(26)27(35)19-13-17(19)14-24(33)34/h4-5,10-11,17,19,26H,6-9,12-14H2,1-3H3,(H,33,34)/t17-,19+,26-/m1/s1. The maximum Gasteiger partial charge on any atom is 0.303 e. The van der Waals surface area contributed by atoms with Gasteiger partial charge in [0.25, 0.3) is 0 Å². The molecule has 1 fully saturated rings. The topological polar surface area (TPSA) is 96.8 Å². The van der Waals surface area contributed by atoms with Crippen molar-refractivity contribution in [2.75, 3.05) is 13.7 Å². The average molecular weight is 495 g/mol. The van der Waals surface area contributed by atoms with Gasteiger partial charge in [-0.3, -0.25) is 14.4 Å². The maximum absolute atomic E-state index is 15.1. The Morgan fingerprint density at radius 1 is 1.22 bits per heavy atom. The van der Waals surface area contributed by atoms with E-state index in [1.54, 1.807) is 17.0 Å². The van der Waals surface area contributed by atoms with Crippen molar-refractivity contribution in [3.8, 4) is 5.88 Å². The average Bonchev–Trinajstić information content (AvgIpc) is 3.51. The molecular weight excluding hydrogens is 463 g/mol. The number of aliphatic carboxylic acids is 1. The van der Waals surface area contributed by atoms with E-state index in [0.717, 1.165) is 24.0 Å². The Morgan fingerprint density at radius 3 is 2.72 bits per heavy atom. The number of fused-ring (bicyclic) bond motifs is 2. The van der Waals surface area contributed by atoms with Crippen LogP contribution in [0.5, 0.6) is 5.88 Å². The van der Waals surface area contributed by atoms with Crippen molar-refractivity contribution in [1.82, 2.24) is 9.88 Å². The van der Waals surface area contributed by atoms with Crippen LogP contribution in [-0.2, 0) is 39.1 Å². The highest BCUT2D eigenvalue weighted by Crippen LogP contribution is 2.45. The summed E-state index contributed by atoms with van der Waals surface area (Å²) >= 11 is 0. The highest BCUT2D eigenvalue weighted by Gasteiger charge is 2.49. The molecule has 2 aromatic rings. The van der Waals surface area contributed by atoms with E-state index in [0.29, 0.717) is 42.1 Å². The molecule has 5 rings (SSSR count). The third kappa shape index (κ3) is 4.38. The molecule has 0 unspecified atom stereocenters. The second kappa shape index (κ2) is 8.98. The third-order valence-electron chi connectivity index (χ3n) is 7.96. The minimum Gasteiger partial charge on any atom is -0.481 e. The summed E-state index contributed by atoms with van der Waals surface area (Å²) in [4.78, 5) is 44.4. The largest absolute Gasteiger partial charge is 0.481 e. The van der Waals surface area contributed by atoms with Gasteiger partial charge in [0, 0.05) is 43.4 Å². The fourth-order valence-corrected chi connectivity index (χ4v) is 6.03. The Labute approximate surface area is 209 Å². The summed E-state index contributed by atoms with van der Waals surface area (Å²) in [6.45, 7) is 4.38. The lowest BCUT2D eigenvalue weighted by Crippen LogP contribution is -2.45. The molecule has 2 heterocycles. The van der Waals surface area contributed by atoms with E-state index in [2.05, 4.69) is 4.98 Å². The van der Waals surface area contributed by atoms with E-state index in [1.807, 2.05) is 19.9 Å². The number of benzene rings is 1. The number of carboxylic acids is 1. The minimum absolute atomic E-state index is 0.00618. The predicted octanol–water partition coefficient (Wildman–Crippen LogP) is 3.80. The molecule has 0 spiro atoms. The Morgan fingerprint density at radius 2 is 2.00 bits per heavy atom. The molecule has 36 heavy (non-hydrogen) atoms. The number of hydrogen-bond donors (Lipinski definition) is 1. The highest BCUT2D eigenvalue weighted by atomic mass is 19.1. The van der Waals surface area contributed by atoms with Crippen molar-refractivity contribution in [2.45, 2.75) is 63.8 Å². The van der Waals surface area contributed by atoms with Crippen LogP contribution in [0.1, 0.15) is 67.1 Å². The molecule has 1 aliphatic heterocycles. The van der Waals surface area contributed by atoms with Crippen LogP contribution in [-0.4, -0.2) is 46.3 Å². The first-order valence-corrected chi connectivity index (χ1v) is 12.5. The molecule has 1 aromatic heterocycles. The predicted molar refractivity (Wildman–Crippen MR) is 129 cm³/mol. The van der Waals surface area contributed by atoms with Crippen molar-refractivity contribution in [1.29, 1.82) is 0 Å². The van der Waals surface area contributed by atoms with Crippen LogP contribution in [0.4, 0.5) is 4.39 Å². The van der Waals surface area contributed by atoms with Gasteiger partial charge < -0.3 is 14.7 Å². The number of hydrogen-bond acceptors (Lipinski definition) is 5. The number of Topliss-reactive ketones (excluding diaryl/α,β-unsaturated/α-hetero) is 1. The van der Waals surface area contributed by atoms with Crippen molar-refractivity contribution in [2.24, 2.45) is 11.8 Å². The maximum atomic E-state index is 15.1. The Bertz CT molecular complexity index is 1260. The molecule has 190 valence electrons. The summed E-state index contributed by atoms with van der Waals surface area (Å²) in [5.74, 6) is -1.75. The van der Waals surface area contributed by atoms with Gasteiger partial charge >= 0.3 is 5.97 Å². The van der Waals surface area contributed by atoms with Crippen LogP contribution in [0.3, 0.4) is 0 Å². The smallest absolute Gasteiger partial charge is 0.303 e. The van der Waals surface area contributed by atoms with E-state index in [4.69, 9.17) is 9.84 Å². The number of rotatable bonds is 7. The fraction of sp³-hybridized carbons (Fsp3) is 0.500. The van der Waals surface area contributed by atoms with Gasteiger partial charge in [-0.05, 0) is 59.4 Å². The number of carboxylic acid groups (broad SMARTS) is 1. The zero-order chi connectivity index (χ0) is 25.8. The van der Waals surface area contributed by atoms with Gasteiger partial charge in [-0.1, -0.05) is 19.9 Å². The molecule has 1 saturated carbocycles. The number of ether oxygens (including phenoxy) is 1. The van der Waals surface area contributed by atoms with Crippen molar-refractivity contribution < 1.29 is 28.6 Å². The minimum atomic E-state index is -0.926. The molecule has 7 nitrogen and oxygen atoms in total. The highest BCUT2D eigenvalue weighted by molar-refractivity contribution is 5.93. The molecule has 0 radical (unpaired) electrons. The summed E-state index contributed by atoms with van der Waals surface area (Å²) < 4.78 is 20.3. The molecule has 1 aromatic carbocycles. The number of nitrogens with zero attached hydrogens (tertiary/aromatic N) is 2. The molecule has 2 aliphatic carbocycles. The number of ketones is 1. The summed E-state index contributed by atoms with van der Waals surface area (Å²) in [7, 11) is 1.52. The van der Waals surface area contributed by atoms with Crippen LogP contribution in [0.25, 0.3) is 0 Å². The summed E-state index contributed by atoms with van der Waals surface area (Å²) in [5.41, 5.74) is 3.41. The number of aromatic nitrogens is 1. The Hall–Kier alpha value is -3.29. The van der Waals surface area contributed by atoms with E-state index in [9.17, 15) is 14.4 Å². The van der Waals surface area contributed by atoms with E-state index in [1.165, 1.54) is 13.2 Å². The number of pyridine rings is 1. The number of amides is 1. The molecule has 3 atom stereocenters. The second-order valence-electron chi connectivity index (χ2n) is 10.9. The van der Waals surface area contributed by atoms with Gasteiger partial charge in [0.15, 0.2) is 5.78 Å².